The Morgan fingerprint density at radius 2 is 1.84 bits per heavy atom. The van der Waals surface area contributed by atoms with Crippen LogP contribution in [-0.2, 0) is 12.0 Å². The SMILES string of the molecule is CC(O)(Cc1ccncc1)c1cc(F)c(Cl)cc1Cl. The largest absolute Gasteiger partial charge is 0.385 e. The topological polar surface area (TPSA) is 33.1 Å². The summed E-state index contributed by atoms with van der Waals surface area (Å²) in [6.45, 7) is 1.59. The van der Waals surface area contributed by atoms with Gasteiger partial charge in [0.1, 0.15) is 5.82 Å². The van der Waals surface area contributed by atoms with Gasteiger partial charge in [-0.15, -0.1) is 0 Å². The van der Waals surface area contributed by atoms with Crippen molar-refractivity contribution in [2.24, 2.45) is 0 Å². The van der Waals surface area contributed by atoms with Gasteiger partial charge in [0.25, 0.3) is 0 Å². The van der Waals surface area contributed by atoms with Gasteiger partial charge >= 0.3 is 0 Å². The first-order valence-corrected chi connectivity index (χ1v) is 6.42. The molecule has 0 saturated carbocycles. The molecule has 1 atom stereocenters. The van der Waals surface area contributed by atoms with E-state index >= 15 is 0 Å². The van der Waals surface area contributed by atoms with Gasteiger partial charge in [-0.2, -0.15) is 0 Å². The fraction of sp³-hybridized carbons (Fsp3) is 0.214. The van der Waals surface area contributed by atoms with Gasteiger partial charge in [-0.05, 0) is 36.8 Å². The number of rotatable bonds is 3. The Labute approximate surface area is 120 Å². The second-order valence-electron chi connectivity index (χ2n) is 4.55. The maximum Gasteiger partial charge on any atom is 0.142 e. The lowest BCUT2D eigenvalue weighted by molar-refractivity contribution is 0.0574. The average molecular weight is 300 g/mol. The molecule has 1 unspecified atom stereocenters. The van der Waals surface area contributed by atoms with Crippen LogP contribution in [0.1, 0.15) is 18.1 Å². The maximum atomic E-state index is 13.5. The molecular formula is C14H12Cl2FNO. The Morgan fingerprint density at radius 3 is 2.47 bits per heavy atom. The molecule has 1 aromatic carbocycles. The molecule has 0 bridgehead atoms. The number of hydrogen-bond acceptors (Lipinski definition) is 2. The summed E-state index contributed by atoms with van der Waals surface area (Å²) in [5.74, 6) is -0.601. The number of halogens is 3. The summed E-state index contributed by atoms with van der Waals surface area (Å²) < 4.78 is 13.5. The zero-order valence-corrected chi connectivity index (χ0v) is 11.7. The number of hydrogen-bond donors (Lipinski definition) is 1. The van der Waals surface area contributed by atoms with Gasteiger partial charge in [0.05, 0.1) is 10.6 Å². The van der Waals surface area contributed by atoms with Crippen LogP contribution in [0.5, 0.6) is 0 Å². The van der Waals surface area contributed by atoms with E-state index in [-0.39, 0.29) is 10.0 Å². The molecule has 0 aliphatic carbocycles. The van der Waals surface area contributed by atoms with Crippen molar-refractivity contribution in [3.63, 3.8) is 0 Å². The highest BCUT2D eigenvalue weighted by molar-refractivity contribution is 6.35. The van der Waals surface area contributed by atoms with Crippen molar-refractivity contribution >= 4 is 23.2 Å². The Bertz CT molecular complexity index is 587. The van der Waals surface area contributed by atoms with Crippen molar-refractivity contribution < 1.29 is 9.50 Å². The molecule has 0 amide bonds. The van der Waals surface area contributed by atoms with E-state index in [2.05, 4.69) is 4.98 Å². The lowest BCUT2D eigenvalue weighted by Gasteiger charge is -2.25. The lowest BCUT2D eigenvalue weighted by Crippen LogP contribution is -2.25. The summed E-state index contributed by atoms with van der Waals surface area (Å²) in [6.07, 6.45) is 3.57. The smallest absolute Gasteiger partial charge is 0.142 e. The molecule has 1 heterocycles. The third kappa shape index (κ3) is 3.24. The highest BCUT2D eigenvalue weighted by atomic mass is 35.5. The number of benzene rings is 1. The molecule has 19 heavy (non-hydrogen) atoms. The summed E-state index contributed by atoms with van der Waals surface area (Å²) >= 11 is 11.7. The van der Waals surface area contributed by atoms with E-state index in [1.165, 1.54) is 12.1 Å². The normalized spacial score (nSPS) is 14.2. The van der Waals surface area contributed by atoms with Gasteiger partial charge in [-0.1, -0.05) is 23.2 Å². The zero-order valence-electron chi connectivity index (χ0n) is 10.2. The minimum Gasteiger partial charge on any atom is -0.385 e. The van der Waals surface area contributed by atoms with E-state index in [9.17, 15) is 9.50 Å². The predicted molar refractivity (Wildman–Crippen MR) is 73.9 cm³/mol. The number of nitrogens with zero attached hydrogens (tertiary/aromatic N) is 1. The molecule has 2 rings (SSSR count). The standard InChI is InChI=1S/C14H12Cl2FNO/c1-14(19,8-9-2-4-18-5-3-9)10-6-13(17)12(16)7-11(10)15/h2-7,19H,8H2,1H3. The van der Waals surface area contributed by atoms with Crippen molar-refractivity contribution in [3.05, 3.63) is 63.6 Å². The summed E-state index contributed by atoms with van der Waals surface area (Å²) in [6, 6.07) is 6.05. The summed E-state index contributed by atoms with van der Waals surface area (Å²) in [5.41, 5.74) is -0.0940. The second-order valence-corrected chi connectivity index (χ2v) is 5.37. The third-order valence-corrected chi connectivity index (χ3v) is 3.49. The van der Waals surface area contributed by atoms with Crippen molar-refractivity contribution in [1.82, 2.24) is 4.98 Å². The molecule has 1 N–H and O–H groups in total. The van der Waals surface area contributed by atoms with Crippen molar-refractivity contribution in [2.45, 2.75) is 18.9 Å². The van der Waals surface area contributed by atoms with E-state index in [1.807, 2.05) is 0 Å². The first kappa shape index (κ1) is 14.3. The zero-order chi connectivity index (χ0) is 14.0. The monoisotopic (exact) mass is 299 g/mol. The van der Waals surface area contributed by atoms with Crippen molar-refractivity contribution in [3.8, 4) is 0 Å². The number of aromatic nitrogens is 1. The minimum absolute atomic E-state index is 0.0616. The van der Waals surface area contributed by atoms with Crippen molar-refractivity contribution in [2.75, 3.05) is 0 Å². The maximum absolute atomic E-state index is 13.5. The fourth-order valence-corrected chi connectivity index (χ4v) is 2.52. The molecule has 0 radical (unpaired) electrons. The summed E-state index contributed by atoms with van der Waals surface area (Å²) in [5, 5.41) is 10.7. The second kappa shape index (κ2) is 5.45. The quantitative estimate of drug-likeness (QED) is 0.870. The molecular weight excluding hydrogens is 288 g/mol. The molecule has 1 aromatic heterocycles. The molecule has 2 aromatic rings. The highest BCUT2D eigenvalue weighted by Gasteiger charge is 2.27. The van der Waals surface area contributed by atoms with Gasteiger partial charge in [0.15, 0.2) is 0 Å². The molecule has 0 fully saturated rings. The molecule has 0 aliphatic heterocycles. The average Bonchev–Trinajstić information content (AvgIpc) is 2.34. The van der Waals surface area contributed by atoms with Gasteiger partial charge in [-0.25, -0.2) is 4.39 Å². The Morgan fingerprint density at radius 1 is 1.21 bits per heavy atom. The highest BCUT2D eigenvalue weighted by Crippen LogP contribution is 2.34. The molecule has 0 aliphatic rings. The summed E-state index contributed by atoms with van der Waals surface area (Å²) in [4.78, 5) is 3.91. The van der Waals surface area contributed by atoms with Gasteiger partial charge in [-0.3, -0.25) is 4.98 Å². The first-order chi connectivity index (χ1) is 8.90. The Hall–Kier alpha value is -1.16. The number of pyridine rings is 1. The Kier molecular flexibility index (Phi) is 4.09. The van der Waals surface area contributed by atoms with Crippen molar-refractivity contribution in [1.29, 1.82) is 0 Å². The van der Waals surface area contributed by atoms with Crippen LogP contribution in [0.4, 0.5) is 4.39 Å². The van der Waals surface area contributed by atoms with Crippen LogP contribution in [0.3, 0.4) is 0 Å². The van der Waals surface area contributed by atoms with Gasteiger partial charge < -0.3 is 5.11 Å². The van der Waals surface area contributed by atoms with Crippen LogP contribution in [-0.4, -0.2) is 10.1 Å². The predicted octanol–water partition coefficient (Wildman–Crippen LogP) is 3.98. The molecule has 2 nitrogen and oxygen atoms in total. The van der Waals surface area contributed by atoms with E-state index in [0.717, 1.165) is 5.56 Å². The fourth-order valence-electron chi connectivity index (χ4n) is 1.93. The van der Waals surface area contributed by atoms with E-state index in [1.54, 1.807) is 31.5 Å². The van der Waals surface area contributed by atoms with E-state index in [4.69, 9.17) is 23.2 Å². The molecule has 100 valence electrons. The molecule has 5 heteroatoms. The van der Waals surface area contributed by atoms with Crippen LogP contribution in [0.2, 0.25) is 10.0 Å². The molecule has 0 spiro atoms. The number of aliphatic hydroxyl groups is 1. The lowest BCUT2D eigenvalue weighted by atomic mass is 9.89. The van der Waals surface area contributed by atoms with Gasteiger partial charge in [0.2, 0.25) is 0 Å². The first-order valence-electron chi connectivity index (χ1n) is 5.66. The van der Waals surface area contributed by atoms with Gasteiger partial charge in [0, 0.05) is 29.4 Å². The van der Waals surface area contributed by atoms with E-state index in [0.29, 0.717) is 12.0 Å². The Balaban J connectivity index is 2.37. The minimum atomic E-state index is -1.29. The van der Waals surface area contributed by atoms with E-state index < -0.39 is 11.4 Å². The van der Waals surface area contributed by atoms with Crippen LogP contribution in [0, 0.1) is 5.82 Å². The van der Waals surface area contributed by atoms with Crippen LogP contribution < -0.4 is 0 Å². The molecule has 0 saturated heterocycles. The summed E-state index contributed by atoms with van der Waals surface area (Å²) in [7, 11) is 0. The van der Waals surface area contributed by atoms with Crippen LogP contribution >= 0.6 is 23.2 Å². The van der Waals surface area contributed by atoms with Crippen LogP contribution in [0.25, 0.3) is 0 Å². The van der Waals surface area contributed by atoms with Crippen LogP contribution in [0.15, 0.2) is 36.7 Å². The third-order valence-electron chi connectivity index (χ3n) is 2.89.